The number of hydrogen-bond donors (Lipinski definition) is 2. The molecule has 2 N–H and O–H groups in total. The maximum absolute atomic E-state index is 11.1. The van der Waals surface area contributed by atoms with E-state index >= 15 is 0 Å². The molecule has 2 aromatic carbocycles. The SMILES string of the molecule is CN(CC1(O)CCN(CCc2ccc(C#N)cc2)CC1)c1ccc(C(=O)O)c(Cl)c1. The van der Waals surface area contributed by atoms with Crippen LogP contribution in [0.4, 0.5) is 5.69 Å². The minimum atomic E-state index is -1.05. The molecule has 0 saturated carbocycles. The second-order valence-electron chi connectivity index (χ2n) is 7.95. The molecule has 1 heterocycles. The summed E-state index contributed by atoms with van der Waals surface area (Å²) in [6.07, 6.45) is 2.26. The first-order valence-corrected chi connectivity index (χ1v) is 10.4. The van der Waals surface area contributed by atoms with Crippen molar-refractivity contribution in [2.75, 3.05) is 38.1 Å². The average molecular weight is 428 g/mol. The van der Waals surface area contributed by atoms with E-state index in [1.807, 2.05) is 36.2 Å². The molecule has 1 aliphatic heterocycles. The van der Waals surface area contributed by atoms with Crippen LogP contribution < -0.4 is 4.90 Å². The van der Waals surface area contributed by atoms with Gasteiger partial charge in [0.25, 0.3) is 0 Å². The molecule has 0 bridgehead atoms. The normalized spacial score (nSPS) is 16.1. The molecule has 0 aliphatic carbocycles. The van der Waals surface area contributed by atoms with E-state index in [2.05, 4.69) is 11.0 Å². The summed E-state index contributed by atoms with van der Waals surface area (Å²) in [7, 11) is 1.88. The molecule has 1 aliphatic rings. The number of benzene rings is 2. The van der Waals surface area contributed by atoms with Crippen LogP contribution >= 0.6 is 11.6 Å². The van der Waals surface area contributed by atoms with E-state index in [1.54, 1.807) is 12.1 Å². The van der Waals surface area contributed by atoms with Gasteiger partial charge in [-0.05, 0) is 55.2 Å². The fourth-order valence-corrected chi connectivity index (χ4v) is 4.09. The molecule has 158 valence electrons. The predicted octanol–water partition coefficient (Wildman–Crippen LogP) is 3.42. The van der Waals surface area contributed by atoms with Crippen molar-refractivity contribution in [3.63, 3.8) is 0 Å². The number of carbonyl (C=O) groups is 1. The Kier molecular flexibility index (Phi) is 6.99. The number of piperidine rings is 1. The largest absolute Gasteiger partial charge is 0.478 e. The first-order valence-electron chi connectivity index (χ1n) is 9.97. The number of rotatable bonds is 7. The molecular weight excluding hydrogens is 402 g/mol. The zero-order valence-electron chi connectivity index (χ0n) is 17.0. The summed E-state index contributed by atoms with van der Waals surface area (Å²) in [6.45, 7) is 3.02. The standard InChI is InChI=1S/C23H26ClN3O3/c1-26(19-6-7-20(22(28)29)21(24)14-19)16-23(30)9-12-27(13-10-23)11-8-17-2-4-18(15-25)5-3-17/h2-7,14,30H,8-13,16H2,1H3,(H,28,29). The van der Waals surface area contributed by atoms with Crippen molar-refractivity contribution >= 4 is 23.3 Å². The number of aromatic carboxylic acids is 1. The van der Waals surface area contributed by atoms with Crippen LogP contribution in [0.1, 0.15) is 34.3 Å². The van der Waals surface area contributed by atoms with Crippen molar-refractivity contribution in [3.05, 3.63) is 64.2 Å². The Labute approximate surface area is 181 Å². The summed E-state index contributed by atoms with van der Waals surface area (Å²) in [6, 6.07) is 14.6. The van der Waals surface area contributed by atoms with Crippen LogP contribution in [0.15, 0.2) is 42.5 Å². The van der Waals surface area contributed by atoms with Crippen LogP contribution in [0.25, 0.3) is 0 Å². The van der Waals surface area contributed by atoms with Gasteiger partial charge in [0.05, 0.1) is 27.8 Å². The molecule has 2 aromatic rings. The number of carboxylic acid groups (broad SMARTS) is 1. The highest BCUT2D eigenvalue weighted by atomic mass is 35.5. The molecule has 1 saturated heterocycles. The van der Waals surface area contributed by atoms with Gasteiger partial charge in [-0.1, -0.05) is 23.7 Å². The molecule has 6 nitrogen and oxygen atoms in total. The van der Waals surface area contributed by atoms with Gasteiger partial charge in [-0.2, -0.15) is 5.26 Å². The third kappa shape index (κ3) is 5.51. The number of anilines is 1. The molecule has 30 heavy (non-hydrogen) atoms. The lowest BCUT2D eigenvalue weighted by molar-refractivity contribution is -0.0137. The van der Waals surface area contributed by atoms with Crippen molar-refractivity contribution in [2.45, 2.75) is 24.9 Å². The maximum Gasteiger partial charge on any atom is 0.337 e. The summed E-state index contributed by atoms with van der Waals surface area (Å²) in [5, 5.41) is 29.2. The van der Waals surface area contributed by atoms with Crippen molar-refractivity contribution in [3.8, 4) is 6.07 Å². The van der Waals surface area contributed by atoms with Gasteiger partial charge < -0.3 is 20.0 Å². The van der Waals surface area contributed by atoms with Crippen molar-refractivity contribution < 1.29 is 15.0 Å². The van der Waals surface area contributed by atoms with Crippen LogP contribution in [0.5, 0.6) is 0 Å². The maximum atomic E-state index is 11.1. The quantitative estimate of drug-likeness (QED) is 0.704. The van der Waals surface area contributed by atoms with Gasteiger partial charge in [-0.15, -0.1) is 0 Å². The number of nitriles is 1. The van der Waals surface area contributed by atoms with Crippen LogP contribution in [0, 0.1) is 11.3 Å². The fraction of sp³-hybridized carbons (Fsp3) is 0.391. The minimum absolute atomic E-state index is 0.0723. The van der Waals surface area contributed by atoms with Crippen molar-refractivity contribution in [2.24, 2.45) is 0 Å². The van der Waals surface area contributed by atoms with Gasteiger partial charge >= 0.3 is 5.97 Å². The van der Waals surface area contributed by atoms with Crippen molar-refractivity contribution in [1.29, 1.82) is 5.26 Å². The number of hydrogen-bond acceptors (Lipinski definition) is 5. The van der Waals surface area contributed by atoms with E-state index in [4.69, 9.17) is 22.0 Å². The number of carboxylic acids is 1. The number of nitrogens with zero attached hydrogens (tertiary/aromatic N) is 3. The van der Waals surface area contributed by atoms with E-state index in [0.29, 0.717) is 24.9 Å². The summed E-state index contributed by atoms with van der Waals surface area (Å²) in [5.74, 6) is -1.05. The van der Waals surface area contributed by atoms with Gasteiger partial charge in [-0.3, -0.25) is 0 Å². The molecule has 7 heteroatoms. The molecule has 1 fully saturated rings. The van der Waals surface area contributed by atoms with E-state index in [1.165, 1.54) is 11.6 Å². The first kappa shape index (κ1) is 22.1. The van der Waals surface area contributed by atoms with Crippen LogP contribution in [-0.2, 0) is 6.42 Å². The lowest BCUT2D eigenvalue weighted by atomic mass is 9.90. The molecule has 0 aromatic heterocycles. The monoisotopic (exact) mass is 427 g/mol. The molecule has 0 amide bonds. The van der Waals surface area contributed by atoms with Gasteiger partial charge in [0.1, 0.15) is 0 Å². The highest BCUT2D eigenvalue weighted by Crippen LogP contribution is 2.28. The Balaban J connectivity index is 1.51. The number of halogens is 1. The Morgan fingerprint density at radius 1 is 1.23 bits per heavy atom. The minimum Gasteiger partial charge on any atom is -0.478 e. The van der Waals surface area contributed by atoms with Gasteiger partial charge in [0, 0.05) is 38.9 Å². The molecule has 0 radical (unpaired) electrons. The van der Waals surface area contributed by atoms with Gasteiger partial charge in [0.15, 0.2) is 0 Å². The van der Waals surface area contributed by atoms with E-state index in [0.717, 1.165) is 31.7 Å². The summed E-state index contributed by atoms with van der Waals surface area (Å²) in [4.78, 5) is 15.4. The number of likely N-dealkylation sites (tertiary alicyclic amines) is 1. The number of aliphatic hydroxyl groups is 1. The molecule has 0 unspecified atom stereocenters. The van der Waals surface area contributed by atoms with Crippen LogP contribution in [0.3, 0.4) is 0 Å². The third-order valence-electron chi connectivity index (χ3n) is 5.74. The van der Waals surface area contributed by atoms with Crippen molar-refractivity contribution in [1.82, 2.24) is 4.90 Å². The average Bonchev–Trinajstić information content (AvgIpc) is 2.73. The zero-order chi connectivity index (χ0) is 21.7. The topological polar surface area (TPSA) is 87.8 Å². The molecule has 0 spiro atoms. The predicted molar refractivity (Wildman–Crippen MR) is 117 cm³/mol. The lowest BCUT2D eigenvalue weighted by Crippen LogP contribution is -2.50. The smallest absolute Gasteiger partial charge is 0.337 e. The first-order chi connectivity index (χ1) is 14.3. The fourth-order valence-electron chi connectivity index (χ4n) is 3.83. The van der Waals surface area contributed by atoms with Crippen LogP contribution in [0.2, 0.25) is 5.02 Å². The third-order valence-corrected chi connectivity index (χ3v) is 6.05. The van der Waals surface area contributed by atoms with E-state index < -0.39 is 11.6 Å². The number of likely N-dealkylation sites (N-methyl/N-ethyl adjacent to an activating group) is 1. The second-order valence-corrected chi connectivity index (χ2v) is 8.36. The van der Waals surface area contributed by atoms with E-state index in [-0.39, 0.29) is 10.6 Å². The summed E-state index contributed by atoms with van der Waals surface area (Å²) in [5.41, 5.74) is 1.93. The van der Waals surface area contributed by atoms with Crippen LogP contribution in [-0.4, -0.2) is 59.9 Å². The van der Waals surface area contributed by atoms with E-state index in [9.17, 15) is 9.90 Å². The zero-order valence-corrected chi connectivity index (χ0v) is 17.8. The molecule has 0 atom stereocenters. The Hall–Kier alpha value is -2.59. The summed E-state index contributed by atoms with van der Waals surface area (Å²) < 4.78 is 0. The second kappa shape index (κ2) is 9.48. The Morgan fingerprint density at radius 2 is 1.90 bits per heavy atom. The highest BCUT2D eigenvalue weighted by molar-refractivity contribution is 6.33. The summed E-state index contributed by atoms with van der Waals surface area (Å²) >= 11 is 6.07. The van der Waals surface area contributed by atoms with Gasteiger partial charge in [-0.25, -0.2) is 4.79 Å². The molecule has 3 rings (SSSR count). The van der Waals surface area contributed by atoms with Gasteiger partial charge in [0.2, 0.25) is 0 Å². The highest BCUT2D eigenvalue weighted by Gasteiger charge is 2.33. The Bertz CT molecular complexity index is 932. The molecular formula is C23H26ClN3O3. The Morgan fingerprint density at radius 3 is 2.47 bits per heavy atom. The lowest BCUT2D eigenvalue weighted by Gasteiger charge is -2.40.